The Balaban J connectivity index is 2.35. The monoisotopic (exact) mass is 270 g/mol. The summed E-state index contributed by atoms with van der Waals surface area (Å²) in [7, 11) is 1.68. The summed E-state index contributed by atoms with van der Waals surface area (Å²) < 4.78 is 0. The number of hydrogen-bond acceptors (Lipinski definition) is 3. The van der Waals surface area contributed by atoms with Gasteiger partial charge in [-0.15, -0.1) is 0 Å². The molecule has 0 heterocycles. The van der Waals surface area contributed by atoms with Gasteiger partial charge >= 0.3 is 12.0 Å². The van der Waals surface area contributed by atoms with Crippen LogP contribution in [-0.2, 0) is 9.59 Å². The zero-order chi connectivity index (χ0) is 14.4. The highest BCUT2D eigenvalue weighted by Gasteiger charge is 2.25. The summed E-state index contributed by atoms with van der Waals surface area (Å²) in [5.41, 5.74) is 0. The quantitative estimate of drug-likeness (QED) is 0.812. The molecule has 1 saturated carbocycles. The maximum atomic E-state index is 11.8. The van der Waals surface area contributed by atoms with Crippen LogP contribution in [0.5, 0.6) is 0 Å². The van der Waals surface area contributed by atoms with Crippen LogP contribution in [0.4, 0.5) is 4.79 Å². The summed E-state index contributed by atoms with van der Waals surface area (Å²) in [6.45, 7) is 2.20. The topological polar surface area (TPSA) is 86.7 Å². The Morgan fingerprint density at radius 2 is 1.74 bits per heavy atom. The Morgan fingerprint density at radius 1 is 1.16 bits per heavy atom. The molecule has 1 rings (SSSR count). The molecule has 2 N–H and O–H groups in total. The second-order valence-electron chi connectivity index (χ2n) is 5.27. The van der Waals surface area contributed by atoms with E-state index in [4.69, 9.17) is 5.11 Å². The van der Waals surface area contributed by atoms with Gasteiger partial charge in [0, 0.05) is 19.5 Å². The Morgan fingerprint density at radius 3 is 2.26 bits per heavy atom. The smallest absolute Gasteiger partial charge is 0.324 e. The van der Waals surface area contributed by atoms with Gasteiger partial charge in [0.2, 0.25) is 5.91 Å². The zero-order valence-corrected chi connectivity index (χ0v) is 11.5. The minimum Gasteiger partial charge on any atom is -0.481 e. The van der Waals surface area contributed by atoms with Crippen molar-refractivity contribution in [1.29, 1.82) is 0 Å². The fraction of sp³-hybridized carbons (Fsp3) is 0.769. The molecule has 0 unspecified atom stereocenters. The lowest BCUT2D eigenvalue weighted by atomic mass is 9.87. The number of carboxylic acid groups (broad SMARTS) is 1. The number of carbonyl (C=O) groups excluding carboxylic acids is 2. The number of carbonyl (C=O) groups is 3. The van der Waals surface area contributed by atoms with Crippen molar-refractivity contribution >= 4 is 17.9 Å². The van der Waals surface area contributed by atoms with Gasteiger partial charge in [-0.05, 0) is 31.6 Å². The molecule has 0 bridgehead atoms. The summed E-state index contributed by atoms with van der Waals surface area (Å²) in [6, 6.07) is -0.265. The summed E-state index contributed by atoms with van der Waals surface area (Å²) in [6.07, 6.45) is 3.66. The van der Waals surface area contributed by atoms with Gasteiger partial charge in [-0.3, -0.25) is 14.9 Å². The third-order valence-electron chi connectivity index (χ3n) is 3.67. The number of imide groups is 1. The second kappa shape index (κ2) is 7.11. The van der Waals surface area contributed by atoms with E-state index in [9.17, 15) is 14.4 Å². The predicted octanol–water partition coefficient (Wildman–Crippen LogP) is 1.60. The van der Waals surface area contributed by atoms with E-state index in [-0.39, 0.29) is 18.9 Å². The van der Waals surface area contributed by atoms with Gasteiger partial charge in [-0.2, -0.15) is 0 Å². The van der Waals surface area contributed by atoms with Gasteiger partial charge in [-0.1, -0.05) is 6.92 Å². The second-order valence-corrected chi connectivity index (χ2v) is 5.27. The molecule has 6 heteroatoms. The minimum atomic E-state index is -1.04. The van der Waals surface area contributed by atoms with E-state index in [2.05, 4.69) is 12.2 Å². The summed E-state index contributed by atoms with van der Waals surface area (Å²) in [5, 5.41) is 10.7. The fourth-order valence-electron chi connectivity index (χ4n) is 2.29. The molecule has 0 aromatic carbocycles. The Kier molecular flexibility index (Phi) is 5.79. The number of amides is 3. The summed E-state index contributed by atoms with van der Waals surface area (Å²) in [5.74, 6) is -0.884. The van der Waals surface area contributed by atoms with E-state index >= 15 is 0 Å². The fourth-order valence-corrected chi connectivity index (χ4v) is 2.29. The first-order valence-electron chi connectivity index (χ1n) is 6.68. The molecule has 6 nitrogen and oxygen atoms in total. The first kappa shape index (κ1) is 15.5. The number of urea groups is 1. The first-order valence-corrected chi connectivity index (χ1v) is 6.68. The van der Waals surface area contributed by atoms with Crippen molar-refractivity contribution in [2.24, 2.45) is 5.92 Å². The normalized spacial score (nSPS) is 22.6. The van der Waals surface area contributed by atoms with Gasteiger partial charge < -0.3 is 10.0 Å². The highest BCUT2D eigenvalue weighted by molar-refractivity contribution is 5.95. The lowest BCUT2D eigenvalue weighted by Crippen LogP contribution is -2.46. The molecule has 0 spiro atoms. The first-order chi connectivity index (χ1) is 8.90. The molecule has 1 fully saturated rings. The highest BCUT2D eigenvalue weighted by Crippen LogP contribution is 2.26. The van der Waals surface area contributed by atoms with Crippen molar-refractivity contribution in [1.82, 2.24) is 10.2 Å². The van der Waals surface area contributed by atoms with E-state index in [0.29, 0.717) is 5.92 Å². The molecule has 3 amide bonds. The van der Waals surface area contributed by atoms with E-state index in [1.54, 1.807) is 11.9 Å². The third-order valence-corrected chi connectivity index (χ3v) is 3.67. The van der Waals surface area contributed by atoms with Gasteiger partial charge in [0.1, 0.15) is 0 Å². The van der Waals surface area contributed by atoms with Crippen molar-refractivity contribution in [3.63, 3.8) is 0 Å². The Bertz CT molecular complexity index is 349. The zero-order valence-electron chi connectivity index (χ0n) is 11.5. The maximum Gasteiger partial charge on any atom is 0.324 e. The average molecular weight is 270 g/mol. The Labute approximate surface area is 113 Å². The van der Waals surface area contributed by atoms with E-state index in [0.717, 1.165) is 25.7 Å². The molecule has 0 aromatic rings. The number of rotatable bonds is 4. The summed E-state index contributed by atoms with van der Waals surface area (Å²) in [4.78, 5) is 35.1. The van der Waals surface area contributed by atoms with Crippen LogP contribution in [0.1, 0.15) is 45.4 Å². The van der Waals surface area contributed by atoms with Crippen molar-refractivity contribution in [2.45, 2.75) is 51.5 Å². The van der Waals surface area contributed by atoms with Crippen LogP contribution < -0.4 is 5.32 Å². The van der Waals surface area contributed by atoms with Crippen molar-refractivity contribution in [3.05, 3.63) is 0 Å². The van der Waals surface area contributed by atoms with Gasteiger partial charge in [-0.25, -0.2) is 4.79 Å². The average Bonchev–Trinajstić information content (AvgIpc) is 2.36. The van der Waals surface area contributed by atoms with Crippen LogP contribution in [0.15, 0.2) is 0 Å². The lowest BCUT2D eigenvalue weighted by Gasteiger charge is -2.33. The summed E-state index contributed by atoms with van der Waals surface area (Å²) >= 11 is 0. The Hall–Kier alpha value is -1.59. The number of nitrogens with zero attached hydrogens (tertiary/aromatic N) is 1. The van der Waals surface area contributed by atoms with Crippen LogP contribution in [0.25, 0.3) is 0 Å². The van der Waals surface area contributed by atoms with E-state index in [1.807, 2.05) is 0 Å². The maximum absolute atomic E-state index is 11.8. The molecule has 1 aliphatic rings. The van der Waals surface area contributed by atoms with Crippen LogP contribution in [0, 0.1) is 5.92 Å². The van der Waals surface area contributed by atoms with Gasteiger partial charge in [0.15, 0.2) is 0 Å². The SMILES string of the molecule is CC1CCC(N(C)C(=O)NC(=O)CCC(=O)O)CC1. The molecule has 0 radical (unpaired) electrons. The molecule has 0 atom stereocenters. The molecular weight excluding hydrogens is 248 g/mol. The van der Waals surface area contributed by atoms with E-state index < -0.39 is 17.9 Å². The van der Waals surface area contributed by atoms with Crippen molar-refractivity contribution < 1.29 is 19.5 Å². The number of hydrogen-bond donors (Lipinski definition) is 2. The molecular formula is C13H22N2O4. The molecule has 19 heavy (non-hydrogen) atoms. The van der Waals surface area contributed by atoms with Crippen LogP contribution in [0.2, 0.25) is 0 Å². The molecule has 0 saturated heterocycles. The van der Waals surface area contributed by atoms with Crippen molar-refractivity contribution in [2.75, 3.05) is 7.05 Å². The van der Waals surface area contributed by atoms with Crippen LogP contribution >= 0.6 is 0 Å². The molecule has 0 aromatic heterocycles. The van der Waals surface area contributed by atoms with Crippen LogP contribution in [0.3, 0.4) is 0 Å². The minimum absolute atomic E-state index is 0.170. The lowest BCUT2D eigenvalue weighted by molar-refractivity contribution is -0.138. The number of nitrogens with one attached hydrogen (secondary N) is 1. The standard InChI is InChI=1S/C13H22N2O4/c1-9-3-5-10(6-4-9)15(2)13(19)14-11(16)7-8-12(17)18/h9-10H,3-8H2,1-2H3,(H,17,18)(H,14,16,19). The molecule has 0 aliphatic heterocycles. The largest absolute Gasteiger partial charge is 0.481 e. The van der Waals surface area contributed by atoms with Gasteiger partial charge in [0.05, 0.1) is 6.42 Å². The van der Waals surface area contributed by atoms with Crippen LogP contribution in [-0.4, -0.2) is 41.0 Å². The molecule has 1 aliphatic carbocycles. The van der Waals surface area contributed by atoms with E-state index in [1.165, 1.54) is 0 Å². The molecule has 108 valence electrons. The third kappa shape index (κ3) is 5.28. The highest BCUT2D eigenvalue weighted by atomic mass is 16.4. The number of carboxylic acids is 1. The predicted molar refractivity (Wildman–Crippen MR) is 69.6 cm³/mol. The van der Waals surface area contributed by atoms with Crippen molar-refractivity contribution in [3.8, 4) is 0 Å². The number of aliphatic carboxylic acids is 1. The van der Waals surface area contributed by atoms with Gasteiger partial charge in [0.25, 0.3) is 0 Å².